The second-order valence-corrected chi connectivity index (χ2v) is 5.35. The summed E-state index contributed by atoms with van der Waals surface area (Å²) >= 11 is 0. The third kappa shape index (κ3) is 3.19. The predicted octanol–water partition coefficient (Wildman–Crippen LogP) is 2.39. The third-order valence-electron chi connectivity index (χ3n) is 3.88. The third-order valence-corrected chi connectivity index (χ3v) is 3.88. The van der Waals surface area contributed by atoms with Crippen molar-refractivity contribution in [3.05, 3.63) is 23.9 Å². The van der Waals surface area contributed by atoms with Gasteiger partial charge in [0.05, 0.1) is 6.10 Å². The monoisotopic (exact) mass is 234 g/mol. The number of nitrogen functional groups attached to an aromatic ring is 1. The first-order valence-corrected chi connectivity index (χ1v) is 6.54. The van der Waals surface area contributed by atoms with Crippen molar-refractivity contribution in [2.24, 2.45) is 11.8 Å². The van der Waals surface area contributed by atoms with E-state index in [1.165, 1.54) is 12.8 Å². The summed E-state index contributed by atoms with van der Waals surface area (Å²) < 4.78 is 0. The Morgan fingerprint density at radius 1 is 1.53 bits per heavy atom. The highest BCUT2D eigenvalue weighted by Crippen LogP contribution is 2.32. The maximum Gasteiger partial charge on any atom is 0.126 e. The largest absolute Gasteiger partial charge is 0.392 e. The molecule has 1 heterocycles. The van der Waals surface area contributed by atoms with Crippen LogP contribution in [0.4, 0.5) is 5.82 Å². The number of nitrogens with two attached hydrogens (primary N) is 1. The molecule has 0 spiro atoms. The second-order valence-electron chi connectivity index (χ2n) is 5.35. The van der Waals surface area contributed by atoms with Crippen molar-refractivity contribution >= 4 is 5.82 Å². The highest BCUT2D eigenvalue weighted by molar-refractivity contribution is 5.38. The average Bonchev–Trinajstić information content (AvgIpc) is 2.32. The Morgan fingerprint density at radius 2 is 2.35 bits per heavy atom. The summed E-state index contributed by atoms with van der Waals surface area (Å²) in [5, 5.41) is 10.3. The molecule has 1 saturated carbocycles. The molecule has 1 aliphatic rings. The first kappa shape index (κ1) is 12.4. The van der Waals surface area contributed by atoms with Gasteiger partial charge in [-0.05, 0) is 36.3 Å². The number of nitrogens with zero attached hydrogens (tertiary/aromatic N) is 1. The smallest absolute Gasteiger partial charge is 0.126 e. The molecule has 1 aliphatic carbocycles. The van der Waals surface area contributed by atoms with E-state index in [9.17, 15) is 5.11 Å². The Bertz CT molecular complexity index is 367. The number of hydrogen-bond donors (Lipinski definition) is 2. The number of aliphatic hydroxyl groups is 1. The standard InChI is InChI=1S/C14H22N2O/c1-10-4-2-5-11(8-10)13(17)9-12-6-3-7-16-14(12)15/h3,6-7,10-11,13,17H,2,4-5,8-9H2,1H3,(H2,15,16). The van der Waals surface area contributed by atoms with Crippen LogP contribution in [0.1, 0.15) is 38.2 Å². The Labute approximate surface area is 103 Å². The SMILES string of the molecule is CC1CCCC(C(O)Cc2cccnc2N)C1. The van der Waals surface area contributed by atoms with Gasteiger partial charge in [-0.15, -0.1) is 0 Å². The molecule has 17 heavy (non-hydrogen) atoms. The molecule has 1 fully saturated rings. The molecule has 0 bridgehead atoms. The van der Waals surface area contributed by atoms with Crippen molar-refractivity contribution in [3.8, 4) is 0 Å². The number of aliphatic hydroxyl groups excluding tert-OH is 1. The van der Waals surface area contributed by atoms with E-state index in [0.717, 1.165) is 24.3 Å². The number of rotatable bonds is 3. The molecule has 2 rings (SSSR count). The van der Waals surface area contributed by atoms with Gasteiger partial charge >= 0.3 is 0 Å². The molecule has 0 aromatic carbocycles. The van der Waals surface area contributed by atoms with E-state index in [1.54, 1.807) is 6.20 Å². The summed E-state index contributed by atoms with van der Waals surface area (Å²) in [6.07, 6.45) is 6.88. The van der Waals surface area contributed by atoms with Gasteiger partial charge in [-0.3, -0.25) is 0 Å². The van der Waals surface area contributed by atoms with Gasteiger partial charge in [0.25, 0.3) is 0 Å². The minimum Gasteiger partial charge on any atom is -0.392 e. The van der Waals surface area contributed by atoms with Crippen molar-refractivity contribution in [2.75, 3.05) is 5.73 Å². The quantitative estimate of drug-likeness (QED) is 0.844. The molecule has 0 aliphatic heterocycles. The Balaban J connectivity index is 1.96. The molecular formula is C14H22N2O. The van der Waals surface area contributed by atoms with Gasteiger partial charge in [0.1, 0.15) is 5.82 Å². The van der Waals surface area contributed by atoms with E-state index in [0.29, 0.717) is 18.2 Å². The van der Waals surface area contributed by atoms with Gasteiger partial charge in [0.2, 0.25) is 0 Å². The van der Waals surface area contributed by atoms with Crippen LogP contribution >= 0.6 is 0 Å². The van der Waals surface area contributed by atoms with Crippen LogP contribution in [0.2, 0.25) is 0 Å². The lowest BCUT2D eigenvalue weighted by Gasteiger charge is -2.30. The molecule has 3 atom stereocenters. The summed E-state index contributed by atoms with van der Waals surface area (Å²) in [4.78, 5) is 4.06. The summed E-state index contributed by atoms with van der Waals surface area (Å²) in [6.45, 7) is 2.28. The maximum atomic E-state index is 10.3. The van der Waals surface area contributed by atoms with Crippen LogP contribution in [0.15, 0.2) is 18.3 Å². The van der Waals surface area contributed by atoms with Gasteiger partial charge in [0.15, 0.2) is 0 Å². The minimum absolute atomic E-state index is 0.274. The van der Waals surface area contributed by atoms with Crippen LogP contribution < -0.4 is 5.73 Å². The average molecular weight is 234 g/mol. The topological polar surface area (TPSA) is 59.1 Å². The summed E-state index contributed by atoms with van der Waals surface area (Å²) in [5.74, 6) is 1.73. The minimum atomic E-state index is -0.274. The van der Waals surface area contributed by atoms with Crippen LogP contribution in [-0.4, -0.2) is 16.2 Å². The predicted molar refractivity (Wildman–Crippen MR) is 69.5 cm³/mol. The molecule has 1 aromatic rings. The van der Waals surface area contributed by atoms with Gasteiger partial charge in [-0.2, -0.15) is 0 Å². The maximum absolute atomic E-state index is 10.3. The lowest BCUT2D eigenvalue weighted by molar-refractivity contribution is 0.0721. The zero-order chi connectivity index (χ0) is 12.3. The molecule has 0 amide bonds. The van der Waals surface area contributed by atoms with Crippen molar-refractivity contribution in [1.82, 2.24) is 4.98 Å². The Morgan fingerprint density at radius 3 is 3.06 bits per heavy atom. The van der Waals surface area contributed by atoms with Gasteiger partial charge < -0.3 is 10.8 Å². The molecule has 1 aromatic heterocycles. The highest BCUT2D eigenvalue weighted by Gasteiger charge is 2.25. The normalized spacial score (nSPS) is 26.7. The van der Waals surface area contributed by atoms with E-state index in [-0.39, 0.29) is 6.10 Å². The fourth-order valence-electron chi connectivity index (χ4n) is 2.85. The van der Waals surface area contributed by atoms with E-state index in [4.69, 9.17) is 5.73 Å². The van der Waals surface area contributed by atoms with Crippen molar-refractivity contribution in [2.45, 2.75) is 45.1 Å². The molecule has 3 N–H and O–H groups in total. The second kappa shape index (κ2) is 5.50. The molecular weight excluding hydrogens is 212 g/mol. The van der Waals surface area contributed by atoms with Crippen molar-refractivity contribution in [1.29, 1.82) is 0 Å². The highest BCUT2D eigenvalue weighted by atomic mass is 16.3. The Hall–Kier alpha value is -1.09. The van der Waals surface area contributed by atoms with Gasteiger partial charge in [-0.1, -0.05) is 25.8 Å². The van der Waals surface area contributed by atoms with Crippen molar-refractivity contribution in [3.63, 3.8) is 0 Å². The molecule has 94 valence electrons. The lowest BCUT2D eigenvalue weighted by Crippen LogP contribution is -2.28. The molecule has 0 saturated heterocycles. The van der Waals surface area contributed by atoms with Gasteiger partial charge in [-0.25, -0.2) is 4.98 Å². The summed E-state index contributed by atoms with van der Waals surface area (Å²) in [7, 11) is 0. The van der Waals surface area contributed by atoms with E-state index in [1.807, 2.05) is 12.1 Å². The first-order chi connectivity index (χ1) is 8.16. The number of hydrogen-bond acceptors (Lipinski definition) is 3. The fourth-order valence-corrected chi connectivity index (χ4v) is 2.85. The lowest BCUT2D eigenvalue weighted by atomic mass is 9.78. The molecule has 0 radical (unpaired) electrons. The fraction of sp³-hybridized carbons (Fsp3) is 0.643. The Kier molecular flexibility index (Phi) is 4.00. The molecule has 3 unspecified atom stereocenters. The van der Waals surface area contributed by atoms with Crippen LogP contribution in [0.25, 0.3) is 0 Å². The zero-order valence-electron chi connectivity index (χ0n) is 10.5. The van der Waals surface area contributed by atoms with Crippen LogP contribution in [-0.2, 0) is 6.42 Å². The molecule has 3 nitrogen and oxygen atoms in total. The van der Waals surface area contributed by atoms with Crippen molar-refractivity contribution < 1.29 is 5.11 Å². The van der Waals surface area contributed by atoms with Crippen LogP contribution in [0.3, 0.4) is 0 Å². The van der Waals surface area contributed by atoms with Crippen LogP contribution in [0.5, 0.6) is 0 Å². The number of aromatic nitrogens is 1. The first-order valence-electron chi connectivity index (χ1n) is 6.54. The number of anilines is 1. The summed E-state index contributed by atoms with van der Waals surface area (Å²) in [5.41, 5.74) is 6.77. The van der Waals surface area contributed by atoms with Crippen LogP contribution in [0, 0.1) is 11.8 Å². The van der Waals surface area contributed by atoms with E-state index >= 15 is 0 Å². The van der Waals surface area contributed by atoms with E-state index in [2.05, 4.69) is 11.9 Å². The summed E-state index contributed by atoms with van der Waals surface area (Å²) in [6, 6.07) is 3.83. The number of pyridine rings is 1. The molecule has 3 heteroatoms. The van der Waals surface area contributed by atoms with E-state index < -0.39 is 0 Å². The zero-order valence-corrected chi connectivity index (χ0v) is 10.5. The van der Waals surface area contributed by atoms with Gasteiger partial charge in [0, 0.05) is 12.6 Å².